The molecular formula is C22H16O5S. The van der Waals surface area contributed by atoms with E-state index in [0.29, 0.717) is 28.4 Å². The highest BCUT2D eigenvalue weighted by molar-refractivity contribution is 7.11. The summed E-state index contributed by atoms with van der Waals surface area (Å²) in [6.07, 6.45) is 1.74. The SMILES string of the molecule is COc1ccc(C(=O)Oc2ccc3c(c2)O/C(=C\c2sccc2C)C3=O)cc1. The second kappa shape index (κ2) is 7.32. The Balaban J connectivity index is 1.53. The molecule has 0 radical (unpaired) electrons. The van der Waals surface area contributed by atoms with E-state index in [2.05, 4.69) is 0 Å². The molecule has 6 heteroatoms. The van der Waals surface area contributed by atoms with Crippen LogP contribution in [0.2, 0.25) is 0 Å². The number of thiophene rings is 1. The summed E-state index contributed by atoms with van der Waals surface area (Å²) in [6.45, 7) is 1.98. The lowest BCUT2D eigenvalue weighted by Crippen LogP contribution is -2.08. The molecule has 3 aromatic rings. The number of methoxy groups -OCH3 is 1. The van der Waals surface area contributed by atoms with Crippen LogP contribution in [0.25, 0.3) is 6.08 Å². The monoisotopic (exact) mass is 392 g/mol. The van der Waals surface area contributed by atoms with Crippen LogP contribution >= 0.6 is 11.3 Å². The number of allylic oxidation sites excluding steroid dienone is 1. The van der Waals surface area contributed by atoms with E-state index in [9.17, 15) is 9.59 Å². The van der Waals surface area contributed by atoms with Crippen molar-refractivity contribution in [1.29, 1.82) is 0 Å². The molecule has 0 atom stereocenters. The largest absolute Gasteiger partial charge is 0.497 e. The summed E-state index contributed by atoms with van der Waals surface area (Å²) in [5.74, 6) is 0.916. The van der Waals surface area contributed by atoms with Gasteiger partial charge in [0, 0.05) is 17.0 Å². The number of carbonyl (C=O) groups is 2. The number of Topliss-reactive ketones (excluding diaryl/α,β-unsaturated/α-hetero) is 1. The third kappa shape index (κ3) is 3.42. The van der Waals surface area contributed by atoms with E-state index in [-0.39, 0.29) is 11.5 Å². The predicted molar refractivity (Wildman–Crippen MR) is 106 cm³/mol. The molecule has 4 rings (SSSR count). The van der Waals surface area contributed by atoms with Crippen molar-refractivity contribution >= 4 is 29.2 Å². The molecule has 28 heavy (non-hydrogen) atoms. The molecule has 0 fully saturated rings. The Labute approximate surface area is 165 Å². The number of fused-ring (bicyclic) bond motifs is 1. The number of rotatable bonds is 4. The number of benzene rings is 2. The highest BCUT2D eigenvalue weighted by Crippen LogP contribution is 2.35. The minimum Gasteiger partial charge on any atom is -0.497 e. The quantitative estimate of drug-likeness (QED) is 0.359. The number of carbonyl (C=O) groups excluding carboxylic acids is 2. The molecule has 2 heterocycles. The molecule has 0 N–H and O–H groups in total. The average Bonchev–Trinajstić information content (AvgIpc) is 3.25. The first-order valence-electron chi connectivity index (χ1n) is 8.54. The van der Waals surface area contributed by atoms with Crippen molar-refractivity contribution in [2.75, 3.05) is 7.11 Å². The van der Waals surface area contributed by atoms with Gasteiger partial charge in [-0.3, -0.25) is 4.79 Å². The summed E-state index contributed by atoms with van der Waals surface area (Å²) in [5.41, 5.74) is 1.93. The summed E-state index contributed by atoms with van der Waals surface area (Å²) >= 11 is 1.54. The molecular weight excluding hydrogens is 376 g/mol. The predicted octanol–water partition coefficient (Wildman–Crippen LogP) is 4.90. The molecule has 0 spiro atoms. The van der Waals surface area contributed by atoms with Crippen LogP contribution in [-0.4, -0.2) is 18.9 Å². The Morgan fingerprint density at radius 3 is 2.50 bits per heavy atom. The molecule has 140 valence electrons. The number of aryl methyl sites for hydroxylation is 1. The van der Waals surface area contributed by atoms with Gasteiger partial charge in [-0.25, -0.2) is 4.79 Å². The van der Waals surface area contributed by atoms with E-state index in [0.717, 1.165) is 10.4 Å². The normalized spacial score (nSPS) is 13.9. The fourth-order valence-corrected chi connectivity index (χ4v) is 3.62. The number of hydrogen-bond acceptors (Lipinski definition) is 6. The Hall–Kier alpha value is -3.38. The van der Waals surface area contributed by atoms with Crippen molar-refractivity contribution in [3.05, 3.63) is 81.2 Å². The average molecular weight is 392 g/mol. The Morgan fingerprint density at radius 2 is 1.82 bits per heavy atom. The van der Waals surface area contributed by atoms with Crippen LogP contribution in [-0.2, 0) is 0 Å². The van der Waals surface area contributed by atoms with E-state index in [4.69, 9.17) is 14.2 Å². The highest BCUT2D eigenvalue weighted by atomic mass is 32.1. The highest BCUT2D eigenvalue weighted by Gasteiger charge is 2.28. The van der Waals surface area contributed by atoms with Crippen molar-refractivity contribution < 1.29 is 23.8 Å². The van der Waals surface area contributed by atoms with Crippen LogP contribution in [0.3, 0.4) is 0 Å². The van der Waals surface area contributed by atoms with Gasteiger partial charge in [-0.1, -0.05) is 0 Å². The second-order valence-corrected chi connectivity index (χ2v) is 7.13. The second-order valence-electron chi connectivity index (χ2n) is 6.18. The molecule has 0 bridgehead atoms. The van der Waals surface area contributed by atoms with Crippen LogP contribution in [0.4, 0.5) is 0 Å². The summed E-state index contributed by atoms with van der Waals surface area (Å²) in [7, 11) is 1.56. The van der Waals surface area contributed by atoms with Crippen molar-refractivity contribution in [2.24, 2.45) is 0 Å². The Kier molecular flexibility index (Phi) is 4.71. The van der Waals surface area contributed by atoms with Crippen molar-refractivity contribution in [3.63, 3.8) is 0 Å². The van der Waals surface area contributed by atoms with Gasteiger partial charge in [0.1, 0.15) is 17.2 Å². The van der Waals surface area contributed by atoms with E-state index in [1.54, 1.807) is 67.0 Å². The maximum atomic E-state index is 12.5. The fraction of sp³-hybridized carbons (Fsp3) is 0.0909. The van der Waals surface area contributed by atoms with Crippen LogP contribution in [0.15, 0.2) is 59.7 Å². The first-order valence-corrected chi connectivity index (χ1v) is 9.42. The lowest BCUT2D eigenvalue weighted by molar-refractivity contribution is 0.0734. The number of esters is 1. The smallest absolute Gasteiger partial charge is 0.343 e. The minimum absolute atomic E-state index is 0.184. The maximum Gasteiger partial charge on any atom is 0.343 e. The van der Waals surface area contributed by atoms with Gasteiger partial charge < -0.3 is 14.2 Å². The lowest BCUT2D eigenvalue weighted by atomic mass is 10.1. The summed E-state index contributed by atoms with van der Waals surface area (Å²) in [5, 5.41) is 1.96. The van der Waals surface area contributed by atoms with Gasteiger partial charge in [0.25, 0.3) is 0 Å². The first-order chi connectivity index (χ1) is 13.5. The van der Waals surface area contributed by atoms with Crippen molar-refractivity contribution in [3.8, 4) is 17.2 Å². The topological polar surface area (TPSA) is 61.8 Å². The Bertz CT molecular complexity index is 1090. The summed E-state index contributed by atoms with van der Waals surface area (Å²) in [4.78, 5) is 25.8. The molecule has 1 aliphatic rings. The zero-order chi connectivity index (χ0) is 19.7. The van der Waals surface area contributed by atoms with Crippen LogP contribution < -0.4 is 14.2 Å². The van der Waals surface area contributed by atoms with Gasteiger partial charge in [0.2, 0.25) is 5.78 Å². The van der Waals surface area contributed by atoms with Crippen LogP contribution in [0, 0.1) is 6.92 Å². The fourth-order valence-electron chi connectivity index (χ4n) is 2.78. The standard InChI is InChI=1S/C22H16O5S/c1-13-9-10-28-20(13)12-19-21(23)17-8-7-16(11-18(17)27-19)26-22(24)14-3-5-15(25-2)6-4-14/h3-12H,1-2H3/b19-12-. The molecule has 0 saturated carbocycles. The van der Waals surface area contributed by atoms with Crippen LogP contribution in [0.1, 0.15) is 31.2 Å². The maximum absolute atomic E-state index is 12.5. The molecule has 0 aliphatic carbocycles. The van der Waals surface area contributed by atoms with E-state index < -0.39 is 5.97 Å². The number of ketones is 1. The van der Waals surface area contributed by atoms with Gasteiger partial charge >= 0.3 is 5.97 Å². The van der Waals surface area contributed by atoms with Crippen LogP contribution in [0.5, 0.6) is 17.2 Å². The van der Waals surface area contributed by atoms with Gasteiger partial charge in [-0.15, -0.1) is 11.3 Å². The minimum atomic E-state index is -0.503. The third-order valence-corrected chi connectivity index (χ3v) is 5.31. The summed E-state index contributed by atoms with van der Waals surface area (Å²) in [6, 6.07) is 13.3. The number of hydrogen-bond donors (Lipinski definition) is 0. The lowest BCUT2D eigenvalue weighted by Gasteiger charge is -2.06. The molecule has 1 aromatic heterocycles. The molecule has 0 unspecified atom stereocenters. The molecule has 0 saturated heterocycles. The first kappa shape index (κ1) is 18.0. The molecule has 0 amide bonds. The Morgan fingerprint density at radius 1 is 1.07 bits per heavy atom. The van der Waals surface area contributed by atoms with E-state index in [1.807, 2.05) is 18.4 Å². The van der Waals surface area contributed by atoms with Gasteiger partial charge in [-0.05, 0) is 60.3 Å². The molecule has 1 aliphatic heterocycles. The van der Waals surface area contributed by atoms with Gasteiger partial charge in [0.15, 0.2) is 5.76 Å². The molecule has 5 nitrogen and oxygen atoms in total. The van der Waals surface area contributed by atoms with Gasteiger partial charge in [0.05, 0.1) is 18.2 Å². The van der Waals surface area contributed by atoms with Crippen molar-refractivity contribution in [1.82, 2.24) is 0 Å². The van der Waals surface area contributed by atoms with Gasteiger partial charge in [-0.2, -0.15) is 0 Å². The van der Waals surface area contributed by atoms with Crippen molar-refractivity contribution in [2.45, 2.75) is 6.92 Å². The van der Waals surface area contributed by atoms with E-state index >= 15 is 0 Å². The third-order valence-electron chi connectivity index (χ3n) is 4.34. The molecule has 2 aromatic carbocycles. The zero-order valence-corrected chi connectivity index (χ0v) is 16.0. The summed E-state index contributed by atoms with van der Waals surface area (Å²) < 4.78 is 16.2. The van der Waals surface area contributed by atoms with E-state index in [1.165, 1.54) is 0 Å². The zero-order valence-electron chi connectivity index (χ0n) is 15.2. The number of ether oxygens (including phenoxy) is 3.